The Hall–Kier alpha value is -0.610. The molecule has 1 aromatic rings. The molecule has 1 fully saturated rings. The quantitative estimate of drug-likeness (QED) is 0.831. The van der Waals surface area contributed by atoms with Crippen LogP contribution in [0.1, 0.15) is 44.6 Å². The van der Waals surface area contributed by atoms with Gasteiger partial charge in [0, 0.05) is 28.3 Å². The maximum atomic E-state index is 5.89. The maximum absolute atomic E-state index is 5.89. The van der Waals surface area contributed by atoms with Crippen molar-refractivity contribution in [2.24, 2.45) is 5.73 Å². The van der Waals surface area contributed by atoms with Crippen molar-refractivity contribution < 1.29 is 0 Å². The Bertz CT molecular complexity index is 455. The van der Waals surface area contributed by atoms with Crippen molar-refractivity contribution in [2.45, 2.75) is 45.1 Å². The molecule has 1 aliphatic rings. The summed E-state index contributed by atoms with van der Waals surface area (Å²) in [7, 11) is 0. The Morgan fingerprint density at radius 3 is 2.63 bits per heavy atom. The van der Waals surface area contributed by atoms with Crippen LogP contribution in [0.2, 0.25) is 0 Å². The van der Waals surface area contributed by atoms with Crippen LogP contribution in [0.15, 0.2) is 22.7 Å². The first-order valence-electron chi connectivity index (χ1n) is 6.99. The number of anilines is 1. The number of benzene rings is 1. The van der Waals surface area contributed by atoms with Gasteiger partial charge >= 0.3 is 0 Å². The predicted octanol–water partition coefficient (Wildman–Crippen LogP) is 4.24. The van der Waals surface area contributed by atoms with Gasteiger partial charge in [0.15, 0.2) is 0 Å². The highest BCUT2D eigenvalue weighted by Crippen LogP contribution is 2.31. The molecule has 1 aromatic carbocycles. The third-order valence-corrected chi connectivity index (χ3v) is 4.60. The van der Waals surface area contributed by atoms with Crippen LogP contribution < -0.4 is 10.6 Å². The highest BCUT2D eigenvalue weighted by atomic mass is 79.9. The molecule has 0 heterocycles. The van der Waals surface area contributed by atoms with E-state index in [-0.39, 0.29) is 0 Å². The van der Waals surface area contributed by atoms with Crippen LogP contribution in [0.25, 0.3) is 0 Å². The van der Waals surface area contributed by atoms with Crippen molar-refractivity contribution >= 4 is 38.8 Å². The molecule has 1 aliphatic carbocycles. The molecule has 0 unspecified atom stereocenters. The minimum absolute atomic E-state index is 0.477. The molecule has 0 spiro atoms. The van der Waals surface area contributed by atoms with Crippen LogP contribution in [0.4, 0.5) is 5.69 Å². The Labute approximate surface area is 129 Å². The van der Waals surface area contributed by atoms with Crippen molar-refractivity contribution in [3.8, 4) is 0 Å². The molecule has 104 valence electrons. The molecular formula is C15H21BrN2S. The van der Waals surface area contributed by atoms with E-state index in [1.54, 1.807) is 0 Å². The van der Waals surface area contributed by atoms with Crippen molar-refractivity contribution in [1.82, 2.24) is 0 Å². The van der Waals surface area contributed by atoms with Gasteiger partial charge in [0.25, 0.3) is 0 Å². The van der Waals surface area contributed by atoms with Crippen LogP contribution >= 0.6 is 28.1 Å². The highest BCUT2D eigenvalue weighted by Gasteiger charge is 2.22. The lowest BCUT2D eigenvalue weighted by Crippen LogP contribution is -2.38. The SMILES string of the molecule is CCN(c1ccc(Br)cc1C(N)=S)C1CCCCC1. The minimum Gasteiger partial charge on any atom is -0.389 e. The first-order chi connectivity index (χ1) is 9.13. The minimum atomic E-state index is 0.477. The van der Waals surface area contributed by atoms with E-state index < -0.39 is 0 Å². The van der Waals surface area contributed by atoms with E-state index in [0.717, 1.165) is 16.6 Å². The van der Waals surface area contributed by atoms with Gasteiger partial charge in [-0.1, -0.05) is 47.4 Å². The molecule has 2 N–H and O–H groups in total. The van der Waals surface area contributed by atoms with E-state index in [9.17, 15) is 0 Å². The molecule has 19 heavy (non-hydrogen) atoms. The standard InChI is InChI=1S/C15H21BrN2S/c1-2-18(12-6-4-3-5-7-12)14-9-8-11(16)10-13(14)15(17)19/h8-10,12H,2-7H2,1H3,(H2,17,19). The molecular weight excluding hydrogens is 320 g/mol. The second kappa shape index (κ2) is 6.71. The van der Waals surface area contributed by atoms with Gasteiger partial charge in [-0.2, -0.15) is 0 Å². The lowest BCUT2D eigenvalue weighted by Gasteiger charge is -2.36. The van der Waals surface area contributed by atoms with E-state index in [1.807, 2.05) is 6.07 Å². The first kappa shape index (κ1) is 14.8. The van der Waals surface area contributed by atoms with Gasteiger partial charge < -0.3 is 10.6 Å². The van der Waals surface area contributed by atoms with Crippen molar-refractivity contribution in [1.29, 1.82) is 0 Å². The summed E-state index contributed by atoms with van der Waals surface area (Å²) < 4.78 is 1.03. The molecule has 0 bridgehead atoms. The van der Waals surface area contributed by atoms with E-state index in [1.165, 1.54) is 37.8 Å². The molecule has 2 rings (SSSR count). The molecule has 4 heteroatoms. The fraction of sp³-hybridized carbons (Fsp3) is 0.533. The summed E-state index contributed by atoms with van der Waals surface area (Å²) in [5.74, 6) is 0. The summed E-state index contributed by atoms with van der Waals surface area (Å²) in [4.78, 5) is 2.95. The average Bonchev–Trinajstić information content (AvgIpc) is 2.42. The number of hydrogen-bond acceptors (Lipinski definition) is 2. The van der Waals surface area contributed by atoms with Gasteiger partial charge in [-0.3, -0.25) is 0 Å². The van der Waals surface area contributed by atoms with Crippen LogP contribution in [0.3, 0.4) is 0 Å². The molecule has 0 amide bonds. The number of rotatable bonds is 4. The summed E-state index contributed by atoms with van der Waals surface area (Å²) in [5, 5.41) is 0. The fourth-order valence-corrected chi connectivity index (χ4v) is 3.50. The summed E-state index contributed by atoms with van der Waals surface area (Å²) in [5.41, 5.74) is 8.06. The van der Waals surface area contributed by atoms with Crippen LogP contribution in [-0.2, 0) is 0 Å². The van der Waals surface area contributed by atoms with Gasteiger partial charge in [-0.15, -0.1) is 0 Å². The maximum Gasteiger partial charge on any atom is 0.106 e. The predicted molar refractivity (Wildman–Crippen MR) is 89.9 cm³/mol. The number of hydrogen-bond donors (Lipinski definition) is 1. The van der Waals surface area contributed by atoms with Gasteiger partial charge in [-0.25, -0.2) is 0 Å². The number of thiocarbonyl (C=S) groups is 1. The monoisotopic (exact) mass is 340 g/mol. The Kier molecular flexibility index (Phi) is 5.22. The van der Waals surface area contributed by atoms with Crippen molar-refractivity contribution in [3.05, 3.63) is 28.2 Å². The van der Waals surface area contributed by atoms with E-state index in [4.69, 9.17) is 18.0 Å². The summed E-state index contributed by atoms with van der Waals surface area (Å²) in [6, 6.07) is 6.87. The Morgan fingerprint density at radius 1 is 1.37 bits per heavy atom. The largest absolute Gasteiger partial charge is 0.389 e. The highest BCUT2D eigenvalue weighted by molar-refractivity contribution is 9.10. The zero-order valence-corrected chi connectivity index (χ0v) is 13.8. The topological polar surface area (TPSA) is 29.3 Å². The lowest BCUT2D eigenvalue weighted by molar-refractivity contribution is 0.418. The van der Waals surface area contributed by atoms with Crippen LogP contribution in [0.5, 0.6) is 0 Å². The smallest absolute Gasteiger partial charge is 0.106 e. The number of halogens is 1. The van der Waals surface area contributed by atoms with E-state index in [0.29, 0.717) is 11.0 Å². The van der Waals surface area contributed by atoms with Gasteiger partial charge in [-0.05, 0) is 38.0 Å². The molecule has 0 radical (unpaired) electrons. The second-order valence-corrected chi connectivity index (χ2v) is 6.46. The second-order valence-electron chi connectivity index (χ2n) is 5.10. The van der Waals surface area contributed by atoms with Gasteiger partial charge in [0.05, 0.1) is 0 Å². The fourth-order valence-electron chi connectivity index (χ4n) is 2.97. The average molecular weight is 341 g/mol. The molecule has 2 nitrogen and oxygen atoms in total. The van der Waals surface area contributed by atoms with E-state index >= 15 is 0 Å². The third-order valence-electron chi connectivity index (χ3n) is 3.89. The summed E-state index contributed by atoms with van der Waals surface area (Å²) >= 11 is 8.71. The van der Waals surface area contributed by atoms with Crippen LogP contribution in [-0.4, -0.2) is 17.6 Å². The van der Waals surface area contributed by atoms with Crippen molar-refractivity contribution in [2.75, 3.05) is 11.4 Å². The lowest BCUT2D eigenvalue weighted by atomic mass is 9.93. The number of nitrogens with two attached hydrogens (primary N) is 1. The Balaban J connectivity index is 2.34. The zero-order chi connectivity index (χ0) is 13.8. The molecule has 0 aromatic heterocycles. The summed E-state index contributed by atoms with van der Waals surface area (Å²) in [6.07, 6.45) is 6.60. The van der Waals surface area contributed by atoms with Gasteiger partial charge in [0.2, 0.25) is 0 Å². The zero-order valence-electron chi connectivity index (χ0n) is 11.4. The Morgan fingerprint density at radius 2 is 2.05 bits per heavy atom. The van der Waals surface area contributed by atoms with Crippen LogP contribution in [0, 0.1) is 0 Å². The van der Waals surface area contributed by atoms with E-state index in [2.05, 4.69) is 39.9 Å². The normalized spacial score (nSPS) is 16.3. The molecule has 1 saturated carbocycles. The first-order valence-corrected chi connectivity index (χ1v) is 8.19. The number of nitrogens with zero attached hydrogens (tertiary/aromatic N) is 1. The molecule has 0 aliphatic heterocycles. The van der Waals surface area contributed by atoms with Gasteiger partial charge in [0.1, 0.15) is 4.99 Å². The summed E-state index contributed by atoms with van der Waals surface area (Å²) in [6.45, 7) is 3.21. The van der Waals surface area contributed by atoms with Crippen molar-refractivity contribution in [3.63, 3.8) is 0 Å². The molecule has 0 atom stereocenters. The molecule has 0 saturated heterocycles. The third kappa shape index (κ3) is 3.48.